The van der Waals surface area contributed by atoms with Gasteiger partial charge in [-0.3, -0.25) is 4.99 Å². The van der Waals surface area contributed by atoms with Crippen LogP contribution in [0.1, 0.15) is 18.5 Å². The van der Waals surface area contributed by atoms with Crippen molar-refractivity contribution in [3.63, 3.8) is 0 Å². The van der Waals surface area contributed by atoms with Gasteiger partial charge in [-0.2, -0.15) is 9.37 Å². The maximum absolute atomic E-state index is 14.1. The SMILES string of the molecule is COc1nc(N2C[C@H]3CSC(N)=N[C@@]3(C3CCOCC3)C2)nc(C)c1F. The van der Waals surface area contributed by atoms with E-state index >= 15 is 0 Å². The predicted molar refractivity (Wildman–Crippen MR) is 99.3 cm³/mol. The molecule has 0 aromatic carbocycles. The molecular weight excluding hydrogens is 357 g/mol. The summed E-state index contributed by atoms with van der Waals surface area (Å²) in [6.07, 6.45) is 1.97. The lowest BCUT2D eigenvalue weighted by molar-refractivity contribution is 0.0351. The lowest BCUT2D eigenvalue weighted by atomic mass is 9.73. The first kappa shape index (κ1) is 17.8. The first-order chi connectivity index (χ1) is 12.5. The summed E-state index contributed by atoms with van der Waals surface area (Å²) in [7, 11) is 1.42. The highest BCUT2D eigenvalue weighted by Gasteiger charge is 2.54. The van der Waals surface area contributed by atoms with E-state index in [-0.39, 0.29) is 11.4 Å². The van der Waals surface area contributed by atoms with Crippen molar-refractivity contribution < 1.29 is 13.9 Å². The molecule has 3 aliphatic heterocycles. The van der Waals surface area contributed by atoms with Crippen LogP contribution in [-0.4, -0.2) is 59.8 Å². The molecule has 1 aromatic heterocycles. The van der Waals surface area contributed by atoms with E-state index in [0.29, 0.717) is 35.2 Å². The van der Waals surface area contributed by atoms with Crippen LogP contribution in [0.3, 0.4) is 0 Å². The first-order valence-electron chi connectivity index (χ1n) is 8.92. The van der Waals surface area contributed by atoms with Crippen LogP contribution in [-0.2, 0) is 4.74 Å². The van der Waals surface area contributed by atoms with Crippen molar-refractivity contribution in [2.45, 2.75) is 25.3 Å². The van der Waals surface area contributed by atoms with Crippen LogP contribution in [0.15, 0.2) is 4.99 Å². The fraction of sp³-hybridized carbons (Fsp3) is 0.706. The number of rotatable bonds is 3. The number of nitrogens with zero attached hydrogens (tertiary/aromatic N) is 4. The van der Waals surface area contributed by atoms with Crippen molar-refractivity contribution in [1.82, 2.24) is 9.97 Å². The molecule has 7 nitrogen and oxygen atoms in total. The molecule has 2 atom stereocenters. The molecule has 2 N–H and O–H groups in total. The summed E-state index contributed by atoms with van der Waals surface area (Å²) in [4.78, 5) is 15.7. The predicted octanol–water partition coefficient (Wildman–Crippen LogP) is 1.60. The number of hydrogen-bond acceptors (Lipinski definition) is 8. The lowest BCUT2D eigenvalue weighted by Gasteiger charge is -2.42. The third kappa shape index (κ3) is 2.90. The Bertz CT molecular complexity index is 727. The van der Waals surface area contributed by atoms with Crippen LogP contribution in [0.25, 0.3) is 0 Å². The number of amidine groups is 1. The average molecular weight is 381 g/mol. The van der Waals surface area contributed by atoms with Crippen LogP contribution in [0.5, 0.6) is 5.88 Å². The highest BCUT2D eigenvalue weighted by Crippen LogP contribution is 2.46. The molecule has 0 saturated carbocycles. The van der Waals surface area contributed by atoms with E-state index in [1.807, 2.05) is 0 Å². The Morgan fingerprint density at radius 2 is 2.08 bits per heavy atom. The van der Waals surface area contributed by atoms with Crippen LogP contribution < -0.4 is 15.4 Å². The van der Waals surface area contributed by atoms with E-state index in [0.717, 1.165) is 38.4 Å². The number of nitrogens with two attached hydrogens (primary N) is 1. The minimum absolute atomic E-state index is 0.0140. The Hall–Kier alpha value is -1.61. The number of anilines is 1. The Morgan fingerprint density at radius 3 is 2.81 bits per heavy atom. The molecular formula is C17H24FN5O2S. The molecule has 142 valence electrons. The van der Waals surface area contributed by atoms with E-state index in [1.54, 1.807) is 18.7 Å². The van der Waals surface area contributed by atoms with Gasteiger partial charge in [0, 0.05) is 38.0 Å². The summed E-state index contributed by atoms with van der Waals surface area (Å²) in [6, 6.07) is 0. The molecule has 0 radical (unpaired) electrons. The number of thioether (sulfide) groups is 1. The van der Waals surface area contributed by atoms with Gasteiger partial charge in [-0.1, -0.05) is 11.8 Å². The maximum Gasteiger partial charge on any atom is 0.255 e. The van der Waals surface area contributed by atoms with Crippen molar-refractivity contribution in [3.8, 4) is 5.88 Å². The molecule has 0 bridgehead atoms. The third-order valence-corrected chi connectivity index (χ3v) is 6.68. The summed E-state index contributed by atoms with van der Waals surface area (Å²) in [5, 5.41) is 0.656. The van der Waals surface area contributed by atoms with Gasteiger partial charge >= 0.3 is 0 Å². The molecule has 4 heterocycles. The van der Waals surface area contributed by atoms with Gasteiger partial charge in [-0.25, -0.2) is 4.98 Å². The van der Waals surface area contributed by atoms with Crippen LogP contribution >= 0.6 is 11.8 Å². The smallest absolute Gasteiger partial charge is 0.255 e. The number of aliphatic imine (C=N–C) groups is 1. The number of ether oxygens (including phenoxy) is 2. The largest absolute Gasteiger partial charge is 0.479 e. The first-order valence-corrected chi connectivity index (χ1v) is 9.91. The summed E-state index contributed by atoms with van der Waals surface area (Å²) in [6.45, 7) is 4.64. The van der Waals surface area contributed by atoms with E-state index in [1.165, 1.54) is 7.11 Å². The molecule has 2 fully saturated rings. The zero-order valence-electron chi connectivity index (χ0n) is 15.1. The zero-order chi connectivity index (χ0) is 18.3. The summed E-state index contributed by atoms with van der Waals surface area (Å²) < 4.78 is 24.7. The molecule has 0 aliphatic carbocycles. The minimum Gasteiger partial charge on any atom is -0.479 e. The van der Waals surface area contributed by atoms with E-state index in [9.17, 15) is 4.39 Å². The van der Waals surface area contributed by atoms with Crippen molar-refractivity contribution in [2.24, 2.45) is 22.6 Å². The second-order valence-electron chi connectivity index (χ2n) is 7.15. The molecule has 4 rings (SSSR count). The van der Waals surface area contributed by atoms with Crippen molar-refractivity contribution >= 4 is 22.9 Å². The fourth-order valence-electron chi connectivity index (χ4n) is 4.37. The second-order valence-corrected chi connectivity index (χ2v) is 8.19. The van der Waals surface area contributed by atoms with Crippen molar-refractivity contribution in [3.05, 3.63) is 11.5 Å². The normalized spacial score (nSPS) is 29.4. The van der Waals surface area contributed by atoms with Gasteiger partial charge < -0.3 is 20.1 Å². The zero-order valence-corrected chi connectivity index (χ0v) is 15.9. The molecule has 1 aromatic rings. The monoisotopic (exact) mass is 381 g/mol. The molecule has 0 amide bonds. The Morgan fingerprint density at radius 1 is 1.31 bits per heavy atom. The average Bonchev–Trinajstić information content (AvgIpc) is 3.04. The van der Waals surface area contributed by atoms with Gasteiger partial charge in [-0.05, 0) is 25.7 Å². The second kappa shape index (κ2) is 6.84. The van der Waals surface area contributed by atoms with Gasteiger partial charge in [0.05, 0.1) is 18.3 Å². The number of hydrogen-bond donors (Lipinski definition) is 1. The highest BCUT2D eigenvalue weighted by molar-refractivity contribution is 8.13. The number of fused-ring (bicyclic) bond motifs is 1. The van der Waals surface area contributed by atoms with E-state index < -0.39 is 5.82 Å². The molecule has 0 unspecified atom stereocenters. The minimum atomic E-state index is -0.509. The highest BCUT2D eigenvalue weighted by atomic mass is 32.2. The van der Waals surface area contributed by atoms with Crippen molar-refractivity contribution in [2.75, 3.05) is 44.1 Å². The Kier molecular flexibility index (Phi) is 4.68. The third-order valence-electron chi connectivity index (χ3n) is 5.72. The summed E-state index contributed by atoms with van der Waals surface area (Å²) in [5.41, 5.74) is 6.17. The van der Waals surface area contributed by atoms with Crippen LogP contribution in [0.2, 0.25) is 0 Å². The fourth-order valence-corrected chi connectivity index (χ4v) is 5.37. The van der Waals surface area contributed by atoms with Gasteiger partial charge in [0.25, 0.3) is 5.88 Å². The lowest BCUT2D eigenvalue weighted by Crippen LogP contribution is -2.50. The molecule has 9 heteroatoms. The Balaban J connectivity index is 1.69. The number of halogens is 1. The van der Waals surface area contributed by atoms with Crippen LogP contribution in [0.4, 0.5) is 10.3 Å². The summed E-state index contributed by atoms with van der Waals surface area (Å²) >= 11 is 1.61. The van der Waals surface area contributed by atoms with Gasteiger partial charge in [0.2, 0.25) is 11.8 Å². The quantitative estimate of drug-likeness (QED) is 0.851. The standard InChI is InChI=1S/C17H24FN5O2S/c1-10-13(18)14(24-2)21-16(20-10)23-7-12-8-26-15(19)22-17(12,9-23)11-3-5-25-6-4-11/h11-12H,3-9H2,1-2H3,(H2,19,22)/t12-,17+/m0/s1. The van der Waals surface area contributed by atoms with Gasteiger partial charge in [0.15, 0.2) is 5.17 Å². The van der Waals surface area contributed by atoms with Gasteiger partial charge in [0.1, 0.15) is 0 Å². The van der Waals surface area contributed by atoms with Crippen molar-refractivity contribution in [1.29, 1.82) is 0 Å². The number of methoxy groups -OCH3 is 1. The summed E-state index contributed by atoms with van der Waals surface area (Å²) in [5.74, 6) is 1.70. The van der Waals surface area contributed by atoms with E-state index in [4.69, 9.17) is 20.2 Å². The molecule has 26 heavy (non-hydrogen) atoms. The van der Waals surface area contributed by atoms with Crippen LogP contribution in [0, 0.1) is 24.6 Å². The maximum atomic E-state index is 14.1. The topological polar surface area (TPSA) is 85.9 Å². The number of aromatic nitrogens is 2. The molecule has 3 aliphatic rings. The molecule has 2 saturated heterocycles. The Labute approximate surface area is 156 Å². The number of aryl methyl sites for hydroxylation is 1. The van der Waals surface area contributed by atoms with Gasteiger partial charge in [-0.15, -0.1) is 0 Å². The molecule has 0 spiro atoms. The van der Waals surface area contributed by atoms with E-state index in [2.05, 4.69) is 14.9 Å².